The summed E-state index contributed by atoms with van der Waals surface area (Å²) in [5.41, 5.74) is 1.42. The van der Waals surface area contributed by atoms with E-state index in [0.29, 0.717) is 28.3 Å². The average molecular weight is 496 g/mol. The second-order valence-corrected chi connectivity index (χ2v) is 8.33. The van der Waals surface area contributed by atoms with Gasteiger partial charge in [-0.1, -0.05) is 12.1 Å². The maximum atomic E-state index is 13.5. The lowest BCUT2D eigenvalue weighted by molar-refractivity contribution is -0.385. The SMILES string of the molecule is CCOC(=O)C1CN(c2ccc3c(c2)OCC(=O)N3C)C(=O)N(Cc2cccc([N+](=O)[O-])c2C)C1=O. The van der Waals surface area contributed by atoms with E-state index < -0.39 is 28.7 Å². The third kappa shape index (κ3) is 4.32. The summed E-state index contributed by atoms with van der Waals surface area (Å²) in [4.78, 5) is 65.7. The molecule has 1 saturated heterocycles. The van der Waals surface area contributed by atoms with Crippen molar-refractivity contribution >= 4 is 40.9 Å². The van der Waals surface area contributed by atoms with Crippen molar-refractivity contribution < 1.29 is 33.6 Å². The Morgan fingerprint density at radius 3 is 2.67 bits per heavy atom. The number of esters is 1. The second kappa shape index (κ2) is 9.64. The van der Waals surface area contributed by atoms with Gasteiger partial charge in [0, 0.05) is 30.4 Å². The first-order valence-corrected chi connectivity index (χ1v) is 11.2. The summed E-state index contributed by atoms with van der Waals surface area (Å²) >= 11 is 0. The number of likely N-dealkylation sites (N-methyl/N-ethyl adjacent to an activating group) is 1. The van der Waals surface area contributed by atoms with E-state index in [9.17, 15) is 29.3 Å². The molecule has 2 aromatic carbocycles. The molecule has 1 atom stereocenters. The number of hydrogen-bond acceptors (Lipinski definition) is 8. The van der Waals surface area contributed by atoms with Crippen LogP contribution in [-0.4, -0.2) is 60.4 Å². The standard InChI is InChI=1S/C24H24N4O8/c1-4-35-23(31)17-12-26(16-8-9-19-20(10-16)36-13-21(29)25(19)3)24(32)27(22(17)30)11-15-6-5-7-18(14(15)2)28(33)34/h5-10,17H,4,11-13H2,1-3H3. The summed E-state index contributed by atoms with van der Waals surface area (Å²) in [5.74, 6) is -2.67. The number of amides is 4. The third-order valence-electron chi connectivity index (χ3n) is 6.25. The quantitative estimate of drug-likeness (QED) is 0.257. The predicted octanol–water partition coefficient (Wildman–Crippen LogP) is 2.41. The molecule has 0 bridgehead atoms. The van der Waals surface area contributed by atoms with Gasteiger partial charge in [-0.25, -0.2) is 4.79 Å². The predicted molar refractivity (Wildman–Crippen MR) is 127 cm³/mol. The summed E-state index contributed by atoms with van der Waals surface area (Å²) in [6.07, 6.45) is 0. The molecule has 188 valence electrons. The normalized spacial score (nSPS) is 17.6. The van der Waals surface area contributed by atoms with Crippen LogP contribution in [0.25, 0.3) is 0 Å². The fourth-order valence-electron chi connectivity index (χ4n) is 4.19. The Morgan fingerprint density at radius 2 is 1.97 bits per heavy atom. The van der Waals surface area contributed by atoms with Gasteiger partial charge >= 0.3 is 12.0 Å². The number of carbonyl (C=O) groups is 4. The van der Waals surface area contributed by atoms with Crippen LogP contribution in [0.5, 0.6) is 5.75 Å². The Balaban J connectivity index is 1.72. The number of fused-ring (bicyclic) bond motifs is 1. The molecule has 2 aliphatic rings. The maximum Gasteiger partial charge on any atom is 0.331 e. The van der Waals surface area contributed by atoms with Crippen LogP contribution in [0.4, 0.5) is 21.9 Å². The first-order chi connectivity index (χ1) is 17.1. The first-order valence-electron chi connectivity index (χ1n) is 11.2. The molecule has 1 unspecified atom stereocenters. The van der Waals surface area contributed by atoms with Gasteiger partial charge in [0.2, 0.25) is 5.91 Å². The Hall–Kier alpha value is -4.48. The van der Waals surface area contributed by atoms with Crippen LogP contribution in [0.1, 0.15) is 18.1 Å². The van der Waals surface area contributed by atoms with Crippen LogP contribution in [0, 0.1) is 23.0 Å². The third-order valence-corrected chi connectivity index (χ3v) is 6.25. The molecule has 0 radical (unpaired) electrons. The molecular weight excluding hydrogens is 472 g/mol. The van der Waals surface area contributed by atoms with E-state index in [1.54, 1.807) is 38.2 Å². The molecule has 2 aliphatic heterocycles. The van der Waals surface area contributed by atoms with Crippen molar-refractivity contribution in [2.75, 3.05) is 36.6 Å². The second-order valence-electron chi connectivity index (χ2n) is 8.33. The van der Waals surface area contributed by atoms with E-state index >= 15 is 0 Å². The van der Waals surface area contributed by atoms with Gasteiger partial charge in [-0.2, -0.15) is 0 Å². The van der Waals surface area contributed by atoms with Gasteiger partial charge in [-0.15, -0.1) is 0 Å². The van der Waals surface area contributed by atoms with Crippen molar-refractivity contribution in [2.24, 2.45) is 5.92 Å². The molecule has 0 spiro atoms. The lowest BCUT2D eigenvalue weighted by Gasteiger charge is -2.38. The zero-order chi connectivity index (χ0) is 26.1. The number of nitrogens with zero attached hydrogens (tertiary/aromatic N) is 4. The number of urea groups is 1. The highest BCUT2D eigenvalue weighted by atomic mass is 16.6. The molecule has 1 fully saturated rings. The number of rotatable bonds is 6. The van der Waals surface area contributed by atoms with Gasteiger partial charge in [-0.05, 0) is 31.5 Å². The van der Waals surface area contributed by atoms with E-state index in [1.807, 2.05) is 0 Å². The van der Waals surface area contributed by atoms with Crippen molar-refractivity contribution in [3.05, 3.63) is 57.6 Å². The smallest absolute Gasteiger partial charge is 0.331 e. The van der Waals surface area contributed by atoms with Crippen LogP contribution in [0.2, 0.25) is 0 Å². The number of imide groups is 1. The van der Waals surface area contributed by atoms with Crippen molar-refractivity contribution in [3.63, 3.8) is 0 Å². The van der Waals surface area contributed by atoms with Gasteiger partial charge in [0.05, 0.1) is 30.3 Å². The van der Waals surface area contributed by atoms with Crippen molar-refractivity contribution in [1.29, 1.82) is 0 Å². The molecule has 4 amide bonds. The molecule has 36 heavy (non-hydrogen) atoms. The minimum Gasteiger partial charge on any atom is -0.481 e. The largest absolute Gasteiger partial charge is 0.481 e. The number of nitro benzene ring substituents is 1. The lowest BCUT2D eigenvalue weighted by atomic mass is 10.0. The Kier molecular flexibility index (Phi) is 6.60. The fourth-order valence-corrected chi connectivity index (χ4v) is 4.19. The summed E-state index contributed by atoms with van der Waals surface area (Å²) in [6.45, 7) is 2.50. The number of ether oxygens (including phenoxy) is 2. The Morgan fingerprint density at radius 1 is 1.22 bits per heavy atom. The molecule has 12 nitrogen and oxygen atoms in total. The topological polar surface area (TPSA) is 140 Å². The monoisotopic (exact) mass is 496 g/mol. The van der Waals surface area contributed by atoms with Gasteiger partial charge in [0.25, 0.3) is 11.6 Å². The van der Waals surface area contributed by atoms with Crippen molar-refractivity contribution in [2.45, 2.75) is 20.4 Å². The van der Waals surface area contributed by atoms with Gasteiger partial charge in [0.1, 0.15) is 5.75 Å². The van der Waals surface area contributed by atoms with E-state index in [0.717, 1.165) is 4.90 Å². The van der Waals surface area contributed by atoms with E-state index in [2.05, 4.69) is 0 Å². The number of anilines is 2. The van der Waals surface area contributed by atoms with Crippen LogP contribution < -0.4 is 14.5 Å². The van der Waals surface area contributed by atoms with Crippen molar-refractivity contribution in [1.82, 2.24) is 4.90 Å². The average Bonchev–Trinajstić information content (AvgIpc) is 2.85. The van der Waals surface area contributed by atoms with E-state index in [-0.39, 0.29) is 37.9 Å². The Labute approximate surface area is 206 Å². The summed E-state index contributed by atoms with van der Waals surface area (Å²) in [6, 6.07) is 8.45. The van der Waals surface area contributed by atoms with Gasteiger partial charge in [0.15, 0.2) is 12.5 Å². The molecule has 4 rings (SSSR count). The maximum absolute atomic E-state index is 13.5. The minimum absolute atomic E-state index is 0.0492. The highest BCUT2D eigenvalue weighted by Crippen LogP contribution is 2.36. The van der Waals surface area contributed by atoms with Crippen molar-refractivity contribution in [3.8, 4) is 5.75 Å². The molecule has 0 aliphatic carbocycles. The zero-order valence-electron chi connectivity index (χ0n) is 19.9. The first kappa shape index (κ1) is 24.6. The number of nitro groups is 1. The number of benzene rings is 2. The molecule has 2 aromatic rings. The van der Waals surface area contributed by atoms with Gasteiger partial charge < -0.3 is 14.4 Å². The van der Waals surface area contributed by atoms with Crippen LogP contribution in [0.15, 0.2) is 36.4 Å². The fraction of sp³-hybridized carbons (Fsp3) is 0.333. The lowest BCUT2D eigenvalue weighted by Crippen LogP contribution is -2.58. The van der Waals surface area contributed by atoms with E-state index in [4.69, 9.17) is 9.47 Å². The highest BCUT2D eigenvalue weighted by Gasteiger charge is 2.44. The van der Waals surface area contributed by atoms with Crippen LogP contribution >= 0.6 is 0 Å². The molecule has 0 aromatic heterocycles. The molecule has 0 N–H and O–H groups in total. The highest BCUT2D eigenvalue weighted by molar-refractivity contribution is 6.12. The molecule has 2 heterocycles. The van der Waals surface area contributed by atoms with Crippen LogP contribution in [-0.2, 0) is 25.7 Å². The summed E-state index contributed by atoms with van der Waals surface area (Å²) in [5, 5.41) is 11.4. The summed E-state index contributed by atoms with van der Waals surface area (Å²) in [7, 11) is 1.61. The Bertz CT molecular complexity index is 1280. The number of carbonyl (C=O) groups excluding carboxylic acids is 4. The molecule has 0 saturated carbocycles. The molecule has 12 heteroatoms. The number of hydrogen-bond donors (Lipinski definition) is 0. The van der Waals surface area contributed by atoms with E-state index in [1.165, 1.54) is 28.9 Å². The van der Waals surface area contributed by atoms with Crippen LogP contribution in [0.3, 0.4) is 0 Å². The summed E-state index contributed by atoms with van der Waals surface area (Å²) < 4.78 is 10.6. The van der Waals surface area contributed by atoms with Gasteiger partial charge in [-0.3, -0.25) is 34.3 Å². The zero-order valence-corrected chi connectivity index (χ0v) is 19.9. The minimum atomic E-state index is -1.29. The molecular formula is C24H24N4O8.